The number of hydrogen-bond donors (Lipinski definition) is 2. The maximum absolute atomic E-state index is 14.2. The van der Waals surface area contributed by atoms with E-state index in [4.69, 9.17) is 4.74 Å². The van der Waals surface area contributed by atoms with Crippen LogP contribution >= 0.6 is 0 Å². The second-order valence-electron chi connectivity index (χ2n) is 13.3. The number of carbonyl (C=O) groups excluding carboxylic acids is 2. The third-order valence-corrected chi connectivity index (χ3v) is 8.99. The molecule has 216 valence electrons. The van der Waals surface area contributed by atoms with E-state index in [-0.39, 0.29) is 11.5 Å². The Morgan fingerprint density at radius 1 is 1.05 bits per heavy atom. The van der Waals surface area contributed by atoms with Crippen LogP contribution < -0.4 is 10.2 Å². The van der Waals surface area contributed by atoms with Crippen molar-refractivity contribution in [2.24, 2.45) is 5.41 Å². The quantitative estimate of drug-likeness (QED) is 0.361. The Kier molecular flexibility index (Phi) is 6.43. The molecular weight excluding hydrogens is 518 g/mol. The van der Waals surface area contributed by atoms with E-state index in [9.17, 15) is 19.5 Å². The van der Waals surface area contributed by atoms with Gasteiger partial charge in [0.15, 0.2) is 0 Å². The molecule has 3 aliphatic rings. The zero-order chi connectivity index (χ0) is 29.3. The molecule has 0 bridgehead atoms. The lowest BCUT2D eigenvalue weighted by Crippen LogP contribution is -2.54. The summed E-state index contributed by atoms with van der Waals surface area (Å²) in [6, 6.07) is 11.0. The van der Waals surface area contributed by atoms with Gasteiger partial charge in [0.05, 0.1) is 28.4 Å². The number of hydrogen-bond acceptors (Lipinski definition) is 4. The zero-order valence-electron chi connectivity index (χ0n) is 24.5. The van der Waals surface area contributed by atoms with E-state index in [0.29, 0.717) is 19.0 Å². The van der Waals surface area contributed by atoms with E-state index in [1.807, 2.05) is 57.7 Å². The molecule has 0 spiro atoms. The molecule has 1 saturated carbocycles. The summed E-state index contributed by atoms with van der Waals surface area (Å²) in [6.07, 6.45) is 5.17. The number of carboxylic acids is 1. The molecule has 2 aliphatic heterocycles. The molecule has 2 aromatic carbocycles. The summed E-state index contributed by atoms with van der Waals surface area (Å²) >= 11 is 0. The van der Waals surface area contributed by atoms with Crippen molar-refractivity contribution in [2.45, 2.75) is 90.8 Å². The first kappa shape index (κ1) is 27.4. The number of aromatic nitrogens is 1. The number of carboxylic acid groups (broad SMARTS) is 1. The van der Waals surface area contributed by atoms with Crippen molar-refractivity contribution in [3.63, 3.8) is 0 Å². The summed E-state index contributed by atoms with van der Waals surface area (Å²) in [4.78, 5) is 41.0. The highest BCUT2D eigenvalue weighted by molar-refractivity contribution is 6.07. The molecule has 8 heteroatoms. The van der Waals surface area contributed by atoms with Gasteiger partial charge in [-0.05, 0) is 71.1 Å². The van der Waals surface area contributed by atoms with Crippen LogP contribution in [-0.2, 0) is 16.1 Å². The number of rotatable bonds is 3. The van der Waals surface area contributed by atoms with Crippen molar-refractivity contribution < 1.29 is 24.2 Å². The van der Waals surface area contributed by atoms with E-state index in [0.717, 1.165) is 59.1 Å². The first-order chi connectivity index (χ1) is 19.4. The van der Waals surface area contributed by atoms with E-state index in [1.165, 1.54) is 12.0 Å². The smallest absolute Gasteiger partial charge is 0.408 e. The van der Waals surface area contributed by atoms with Crippen molar-refractivity contribution in [3.8, 4) is 11.3 Å². The molecule has 1 aliphatic carbocycles. The number of para-hydroxylation sites is 1. The molecule has 2 N–H and O–H groups in total. The molecule has 1 fully saturated rings. The van der Waals surface area contributed by atoms with Crippen LogP contribution in [0, 0.1) is 5.41 Å². The molecule has 6 rings (SSSR count). The number of amides is 2. The predicted octanol–water partition coefficient (Wildman–Crippen LogP) is 7.01. The lowest BCUT2D eigenvalue weighted by molar-refractivity contribution is -0.128. The molecule has 41 heavy (non-hydrogen) atoms. The minimum Gasteiger partial charge on any atom is -0.478 e. The fourth-order valence-electron chi connectivity index (χ4n) is 7.18. The fourth-order valence-corrected chi connectivity index (χ4v) is 7.18. The average molecular weight is 558 g/mol. The Labute approximate surface area is 240 Å². The normalized spacial score (nSPS) is 20.3. The molecule has 3 aromatic rings. The highest BCUT2D eigenvalue weighted by atomic mass is 16.6. The number of aromatic carboxylic acids is 1. The van der Waals surface area contributed by atoms with Gasteiger partial charge >= 0.3 is 12.1 Å². The minimum atomic E-state index is -0.953. The van der Waals surface area contributed by atoms with E-state index in [1.54, 1.807) is 12.1 Å². The van der Waals surface area contributed by atoms with Gasteiger partial charge in [-0.25, -0.2) is 9.59 Å². The molecular formula is C33H39N3O5. The Morgan fingerprint density at radius 2 is 1.78 bits per heavy atom. The Morgan fingerprint density at radius 3 is 2.46 bits per heavy atom. The van der Waals surface area contributed by atoms with Gasteiger partial charge in [-0.3, -0.25) is 4.79 Å². The molecule has 8 nitrogen and oxygen atoms in total. The maximum Gasteiger partial charge on any atom is 0.408 e. The zero-order valence-corrected chi connectivity index (χ0v) is 24.5. The number of ether oxygens (including phenoxy) is 1. The van der Waals surface area contributed by atoms with Gasteiger partial charge in [0.2, 0.25) is 5.91 Å². The van der Waals surface area contributed by atoms with Crippen LogP contribution in [0.1, 0.15) is 100 Å². The molecule has 3 heterocycles. The number of alkyl carbamates (subject to hydrolysis) is 1. The van der Waals surface area contributed by atoms with Crippen LogP contribution in [0.25, 0.3) is 22.2 Å². The lowest BCUT2D eigenvalue weighted by atomic mass is 9.74. The monoisotopic (exact) mass is 557 g/mol. The summed E-state index contributed by atoms with van der Waals surface area (Å²) in [5.41, 5.74) is 4.56. The summed E-state index contributed by atoms with van der Waals surface area (Å²) in [7, 11) is 0. The molecule has 1 aromatic heterocycles. The number of anilines is 1. The van der Waals surface area contributed by atoms with Crippen LogP contribution in [0.15, 0.2) is 36.4 Å². The largest absolute Gasteiger partial charge is 0.478 e. The second-order valence-corrected chi connectivity index (χ2v) is 13.3. The predicted molar refractivity (Wildman–Crippen MR) is 158 cm³/mol. The van der Waals surface area contributed by atoms with Crippen LogP contribution in [0.2, 0.25) is 0 Å². The summed E-state index contributed by atoms with van der Waals surface area (Å²) in [6.45, 7) is 10.2. The van der Waals surface area contributed by atoms with Gasteiger partial charge in [-0.2, -0.15) is 0 Å². The van der Waals surface area contributed by atoms with E-state index < -0.39 is 29.1 Å². The summed E-state index contributed by atoms with van der Waals surface area (Å²) < 4.78 is 7.84. The maximum atomic E-state index is 14.2. The minimum absolute atomic E-state index is 0.0565. The van der Waals surface area contributed by atoms with Crippen LogP contribution in [0.3, 0.4) is 0 Å². The van der Waals surface area contributed by atoms with Gasteiger partial charge in [-0.1, -0.05) is 43.5 Å². The molecule has 0 saturated heterocycles. The molecule has 1 atom stereocenters. The van der Waals surface area contributed by atoms with Gasteiger partial charge in [-0.15, -0.1) is 0 Å². The number of benzene rings is 2. The highest BCUT2D eigenvalue weighted by Crippen LogP contribution is 2.53. The number of carbonyl (C=O) groups is 3. The second kappa shape index (κ2) is 9.64. The highest BCUT2D eigenvalue weighted by Gasteiger charge is 2.49. The van der Waals surface area contributed by atoms with Gasteiger partial charge in [0, 0.05) is 35.1 Å². The van der Waals surface area contributed by atoms with E-state index in [2.05, 4.69) is 16.0 Å². The fraction of sp³-hybridized carbons (Fsp3) is 0.485. The Bertz CT molecular complexity index is 1570. The van der Waals surface area contributed by atoms with Crippen molar-refractivity contribution in [1.29, 1.82) is 0 Å². The van der Waals surface area contributed by atoms with Gasteiger partial charge in [0.1, 0.15) is 5.60 Å². The van der Waals surface area contributed by atoms with Gasteiger partial charge < -0.3 is 24.6 Å². The molecule has 2 amide bonds. The first-order valence-electron chi connectivity index (χ1n) is 14.7. The van der Waals surface area contributed by atoms with Crippen molar-refractivity contribution >= 4 is 34.6 Å². The van der Waals surface area contributed by atoms with Gasteiger partial charge in [0.25, 0.3) is 0 Å². The van der Waals surface area contributed by atoms with Crippen molar-refractivity contribution in [3.05, 3.63) is 53.1 Å². The van der Waals surface area contributed by atoms with Crippen molar-refractivity contribution in [1.82, 2.24) is 9.88 Å². The SMILES string of the molecule is CC(C)(C)OC(=O)NC1c2cccc3c2N(CCn2c-3c(C3CCCCC3)c3ccc(C(=O)O)cc32)C(=O)C1(C)C. The van der Waals surface area contributed by atoms with Crippen LogP contribution in [-0.4, -0.2) is 39.8 Å². The standard InChI is InChI=1S/C33H39N3O5/c1-32(2,3)41-31(40)34-28-23-13-9-12-22-26(23)36(30(39)33(28,4)5)17-16-35-24-18-20(29(37)38)14-15-21(24)25(27(22)35)19-10-7-6-8-11-19/h9,12-15,18-19,28H,6-8,10-11,16-17H2,1-5H3,(H,34,40)(H,37,38). The average Bonchev–Trinajstić information content (AvgIpc) is 3.13. The third-order valence-electron chi connectivity index (χ3n) is 8.99. The molecule has 0 radical (unpaired) electrons. The first-order valence-corrected chi connectivity index (χ1v) is 14.7. The number of nitrogens with one attached hydrogen (secondary N) is 1. The number of fused-ring (bicyclic) bond motifs is 4. The summed E-state index contributed by atoms with van der Waals surface area (Å²) in [5, 5.41) is 13.9. The van der Waals surface area contributed by atoms with E-state index >= 15 is 0 Å². The molecule has 1 unspecified atom stereocenters. The number of nitrogens with zero attached hydrogens (tertiary/aromatic N) is 2. The van der Waals surface area contributed by atoms with Crippen LogP contribution in [0.5, 0.6) is 0 Å². The lowest BCUT2D eigenvalue weighted by Gasteiger charge is -2.44. The topological polar surface area (TPSA) is 101 Å². The Balaban J connectivity index is 1.59. The summed E-state index contributed by atoms with van der Waals surface area (Å²) in [5.74, 6) is -0.656. The van der Waals surface area contributed by atoms with Crippen molar-refractivity contribution in [2.75, 3.05) is 11.4 Å². The Hall–Kier alpha value is -3.81. The van der Waals surface area contributed by atoms with Crippen LogP contribution in [0.4, 0.5) is 10.5 Å². The third kappa shape index (κ3) is 4.48.